The average molecular weight is 452 g/mol. The van der Waals surface area contributed by atoms with Crippen LogP contribution in [-0.4, -0.2) is 22.0 Å². The third-order valence-electron chi connectivity index (χ3n) is 3.77. The molecule has 0 atom stereocenters. The van der Waals surface area contributed by atoms with Crippen LogP contribution >= 0.6 is 34.8 Å². The number of aromatic hydroxyl groups is 2. The molecule has 0 saturated carbocycles. The van der Waals surface area contributed by atoms with Crippen LogP contribution in [0.4, 0.5) is 11.4 Å². The molecule has 2 amide bonds. The summed E-state index contributed by atoms with van der Waals surface area (Å²) in [6.45, 7) is 0. The van der Waals surface area contributed by atoms with Gasteiger partial charge in [-0.1, -0.05) is 34.8 Å². The fourth-order valence-corrected chi connectivity index (χ4v) is 3.16. The smallest absolute Gasteiger partial charge is 0.255 e. The highest BCUT2D eigenvalue weighted by molar-refractivity contribution is 6.32. The minimum atomic E-state index is -0.569. The number of anilines is 2. The van der Waals surface area contributed by atoms with E-state index >= 15 is 0 Å². The first-order valence-electron chi connectivity index (χ1n) is 8.12. The fourth-order valence-electron chi connectivity index (χ4n) is 2.53. The lowest BCUT2D eigenvalue weighted by Gasteiger charge is -2.13. The molecule has 4 N–H and O–H groups in total. The monoisotopic (exact) mass is 450 g/mol. The van der Waals surface area contributed by atoms with Gasteiger partial charge in [0.2, 0.25) is 0 Å². The van der Waals surface area contributed by atoms with E-state index in [4.69, 9.17) is 34.8 Å². The average Bonchev–Trinajstić information content (AvgIpc) is 2.62. The van der Waals surface area contributed by atoms with Crippen molar-refractivity contribution in [3.63, 3.8) is 0 Å². The van der Waals surface area contributed by atoms with Crippen molar-refractivity contribution in [1.29, 1.82) is 0 Å². The largest absolute Gasteiger partial charge is 0.508 e. The van der Waals surface area contributed by atoms with Crippen molar-refractivity contribution in [2.45, 2.75) is 0 Å². The number of carbonyl (C=O) groups is 2. The van der Waals surface area contributed by atoms with Crippen molar-refractivity contribution in [3.05, 3.63) is 80.8 Å². The molecule has 3 aromatic rings. The zero-order chi connectivity index (χ0) is 21.1. The Morgan fingerprint density at radius 3 is 1.59 bits per heavy atom. The van der Waals surface area contributed by atoms with E-state index in [-0.39, 0.29) is 44.0 Å². The summed E-state index contributed by atoms with van der Waals surface area (Å²) in [6.07, 6.45) is 0. The van der Waals surface area contributed by atoms with Gasteiger partial charge in [-0.15, -0.1) is 0 Å². The van der Waals surface area contributed by atoms with Crippen molar-refractivity contribution >= 4 is 58.0 Å². The third-order valence-corrected chi connectivity index (χ3v) is 4.44. The molecule has 29 heavy (non-hydrogen) atoms. The molecule has 3 rings (SSSR count). The highest BCUT2D eigenvalue weighted by Crippen LogP contribution is 2.29. The lowest BCUT2D eigenvalue weighted by Crippen LogP contribution is -2.17. The quantitative estimate of drug-likeness (QED) is 0.417. The zero-order valence-electron chi connectivity index (χ0n) is 14.5. The van der Waals surface area contributed by atoms with Crippen LogP contribution in [0.25, 0.3) is 0 Å². The number of hydrogen-bond acceptors (Lipinski definition) is 4. The molecular formula is C20H13Cl3N2O4. The maximum Gasteiger partial charge on any atom is 0.255 e. The molecule has 0 aliphatic heterocycles. The van der Waals surface area contributed by atoms with E-state index in [1.807, 2.05) is 0 Å². The third kappa shape index (κ3) is 5.32. The number of rotatable bonds is 4. The summed E-state index contributed by atoms with van der Waals surface area (Å²) >= 11 is 17.7. The topological polar surface area (TPSA) is 98.7 Å². The lowest BCUT2D eigenvalue weighted by atomic mass is 10.1. The van der Waals surface area contributed by atoms with Crippen LogP contribution < -0.4 is 10.6 Å². The Kier molecular flexibility index (Phi) is 6.17. The first-order valence-corrected chi connectivity index (χ1v) is 9.26. The molecule has 0 radical (unpaired) electrons. The fraction of sp³-hybridized carbons (Fsp3) is 0. The molecule has 6 nitrogen and oxygen atoms in total. The standard InChI is InChI=1S/C20H13Cl3N2O4/c21-12-1-2-17(24-19(28)10-3-13(22)7-15(26)5-10)18(9-12)25-20(29)11-4-14(23)8-16(27)6-11/h1-9,26-27H,(H,24,28)(H,25,29). The predicted octanol–water partition coefficient (Wildman–Crippen LogP) is 5.56. The van der Waals surface area contributed by atoms with E-state index in [0.717, 1.165) is 0 Å². The van der Waals surface area contributed by atoms with E-state index in [2.05, 4.69) is 10.6 Å². The molecule has 9 heteroatoms. The SMILES string of the molecule is O=C(Nc1ccc(Cl)cc1NC(=O)c1cc(O)cc(Cl)c1)c1cc(O)cc(Cl)c1. The zero-order valence-corrected chi connectivity index (χ0v) is 16.8. The Bertz CT molecular complexity index is 1080. The summed E-state index contributed by atoms with van der Waals surface area (Å²) in [4.78, 5) is 25.1. The Morgan fingerprint density at radius 1 is 0.621 bits per heavy atom. The van der Waals surface area contributed by atoms with Gasteiger partial charge in [0.15, 0.2) is 0 Å². The number of hydrogen-bond donors (Lipinski definition) is 4. The Hall–Kier alpha value is -2.93. The van der Waals surface area contributed by atoms with E-state index in [0.29, 0.717) is 5.02 Å². The molecule has 0 saturated heterocycles. The van der Waals surface area contributed by atoms with E-state index in [9.17, 15) is 19.8 Å². The number of phenols is 2. The molecule has 0 aliphatic rings. The molecule has 0 aliphatic carbocycles. The summed E-state index contributed by atoms with van der Waals surface area (Å²) in [7, 11) is 0. The second-order valence-corrected chi connectivity index (χ2v) is 7.30. The first kappa shape index (κ1) is 20.8. The highest BCUT2D eigenvalue weighted by Gasteiger charge is 2.15. The summed E-state index contributed by atoms with van der Waals surface area (Å²) in [6, 6.07) is 12.4. The van der Waals surface area contributed by atoms with E-state index in [1.54, 1.807) is 0 Å². The van der Waals surface area contributed by atoms with Gasteiger partial charge < -0.3 is 20.8 Å². The Labute approximate surface area is 180 Å². The molecule has 0 bridgehead atoms. The van der Waals surface area contributed by atoms with Gasteiger partial charge in [-0.05, 0) is 54.6 Å². The van der Waals surface area contributed by atoms with Crippen LogP contribution in [0, 0.1) is 0 Å². The van der Waals surface area contributed by atoms with Crippen LogP contribution in [-0.2, 0) is 0 Å². The number of halogens is 3. The molecule has 148 valence electrons. The minimum Gasteiger partial charge on any atom is -0.508 e. The number of benzene rings is 3. The maximum atomic E-state index is 12.5. The van der Waals surface area contributed by atoms with Crippen molar-refractivity contribution < 1.29 is 19.8 Å². The van der Waals surface area contributed by atoms with Gasteiger partial charge in [0, 0.05) is 26.2 Å². The normalized spacial score (nSPS) is 10.4. The van der Waals surface area contributed by atoms with Crippen LogP contribution in [0.2, 0.25) is 15.1 Å². The molecule has 0 heterocycles. The molecule has 0 spiro atoms. The minimum absolute atomic E-state index is 0.118. The lowest BCUT2D eigenvalue weighted by molar-refractivity contribution is 0.101. The number of carbonyl (C=O) groups excluding carboxylic acids is 2. The van der Waals surface area contributed by atoms with Crippen molar-refractivity contribution in [2.75, 3.05) is 10.6 Å². The van der Waals surface area contributed by atoms with Crippen molar-refractivity contribution in [2.24, 2.45) is 0 Å². The first-order chi connectivity index (χ1) is 13.7. The summed E-state index contributed by atoms with van der Waals surface area (Å²) in [5.41, 5.74) is 0.731. The van der Waals surface area contributed by atoms with Crippen molar-refractivity contribution in [3.8, 4) is 11.5 Å². The second kappa shape index (κ2) is 8.61. The van der Waals surface area contributed by atoms with Gasteiger partial charge in [0.1, 0.15) is 11.5 Å². The predicted molar refractivity (Wildman–Crippen MR) is 114 cm³/mol. The number of amides is 2. The maximum absolute atomic E-state index is 12.5. The van der Waals surface area contributed by atoms with Crippen LogP contribution in [0.1, 0.15) is 20.7 Å². The number of nitrogens with one attached hydrogen (secondary N) is 2. The number of phenolic OH excluding ortho intramolecular Hbond substituents is 2. The van der Waals surface area contributed by atoms with Gasteiger partial charge in [-0.2, -0.15) is 0 Å². The van der Waals surface area contributed by atoms with Crippen molar-refractivity contribution in [1.82, 2.24) is 0 Å². The Balaban J connectivity index is 1.87. The summed E-state index contributed by atoms with van der Waals surface area (Å²) < 4.78 is 0. The van der Waals surface area contributed by atoms with Gasteiger partial charge >= 0.3 is 0 Å². The Morgan fingerprint density at radius 2 is 1.10 bits per heavy atom. The molecule has 0 aromatic heterocycles. The van der Waals surface area contributed by atoms with E-state index in [1.165, 1.54) is 54.6 Å². The molecule has 3 aromatic carbocycles. The van der Waals surface area contributed by atoms with E-state index < -0.39 is 11.8 Å². The molecule has 0 fully saturated rings. The van der Waals surface area contributed by atoms with Gasteiger partial charge in [0.25, 0.3) is 11.8 Å². The van der Waals surface area contributed by atoms with Gasteiger partial charge in [-0.25, -0.2) is 0 Å². The summed E-state index contributed by atoms with van der Waals surface area (Å²) in [5.74, 6) is -1.45. The van der Waals surface area contributed by atoms with Gasteiger partial charge in [-0.3, -0.25) is 9.59 Å². The second-order valence-electron chi connectivity index (χ2n) is 5.99. The molecular weight excluding hydrogens is 439 g/mol. The van der Waals surface area contributed by atoms with Gasteiger partial charge in [0.05, 0.1) is 11.4 Å². The highest BCUT2D eigenvalue weighted by atomic mass is 35.5. The summed E-state index contributed by atoms with van der Waals surface area (Å²) in [5, 5.41) is 25.2. The van der Waals surface area contributed by atoms with Crippen LogP contribution in [0.5, 0.6) is 11.5 Å². The van der Waals surface area contributed by atoms with Crippen LogP contribution in [0.15, 0.2) is 54.6 Å². The molecule has 0 unspecified atom stereocenters. The van der Waals surface area contributed by atoms with Crippen LogP contribution in [0.3, 0.4) is 0 Å².